The molecule has 0 rings (SSSR count). The molecule has 0 aliphatic heterocycles. The minimum Gasteiger partial charge on any atom is -0.481 e. The van der Waals surface area contributed by atoms with E-state index in [2.05, 4.69) is 0 Å². The molecule has 0 unspecified atom stereocenters. The van der Waals surface area contributed by atoms with Gasteiger partial charge in [-0.15, -0.1) is 0 Å². The highest BCUT2D eigenvalue weighted by Gasteiger charge is 2.38. The molecular formula is C7H12F3NO4. The average Bonchev–Trinajstić information content (AvgIpc) is 2.00. The number of hydrogen-bond donors (Lipinski definition) is 3. The molecule has 0 spiro atoms. The molecule has 0 aromatic rings. The summed E-state index contributed by atoms with van der Waals surface area (Å²) in [6, 6.07) is 0.00565. The average molecular weight is 231 g/mol. The van der Waals surface area contributed by atoms with Crippen LogP contribution in [0.2, 0.25) is 0 Å². The summed E-state index contributed by atoms with van der Waals surface area (Å²) in [6.45, 7) is 1.79. The van der Waals surface area contributed by atoms with Gasteiger partial charge in [0.1, 0.15) is 0 Å². The van der Waals surface area contributed by atoms with Crippen LogP contribution >= 0.6 is 0 Å². The van der Waals surface area contributed by atoms with Crippen molar-refractivity contribution in [2.45, 2.75) is 32.0 Å². The molecule has 90 valence electrons. The van der Waals surface area contributed by atoms with E-state index in [1.165, 1.54) is 0 Å². The summed E-state index contributed by atoms with van der Waals surface area (Å²) in [5.41, 5.74) is 5.28. The Hall–Kier alpha value is -1.31. The topological polar surface area (TPSA) is 101 Å². The zero-order valence-electron chi connectivity index (χ0n) is 7.91. The molecule has 0 aliphatic carbocycles. The molecule has 0 aromatic heterocycles. The van der Waals surface area contributed by atoms with Crippen molar-refractivity contribution in [2.75, 3.05) is 0 Å². The van der Waals surface area contributed by atoms with E-state index >= 15 is 0 Å². The number of carboxylic acid groups (broad SMARTS) is 2. The van der Waals surface area contributed by atoms with Crippen LogP contribution in [0.25, 0.3) is 0 Å². The fourth-order valence-corrected chi connectivity index (χ4v) is 0.351. The minimum atomic E-state index is -5.08. The van der Waals surface area contributed by atoms with E-state index in [0.717, 1.165) is 0 Å². The van der Waals surface area contributed by atoms with Crippen molar-refractivity contribution in [3.63, 3.8) is 0 Å². The standard InChI is InChI=1S/C5H11NO2.C2HF3O2/c1-4(6)2-3-5(7)8;3-2(4,5)1(6)7/h4H,2-3,6H2,1H3,(H,7,8);(H,6,7)/t4-;/m1./s1. The Morgan fingerprint density at radius 1 is 1.33 bits per heavy atom. The number of aliphatic carboxylic acids is 2. The zero-order chi connectivity index (χ0) is 12.6. The van der Waals surface area contributed by atoms with Crippen LogP contribution in [0.4, 0.5) is 13.2 Å². The minimum absolute atomic E-state index is 0.00565. The molecule has 4 N–H and O–H groups in total. The number of alkyl halides is 3. The molecule has 5 nitrogen and oxygen atoms in total. The first-order valence-corrected chi connectivity index (χ1v) is 3.84. The third-order valence-corrected chi connectivity index (χ3v) is 1.06. The SMILES string of the molecule is C[C@@H](N)CCC(=O)O.O=C(O)C(F)(F)F. The van der Waals surface area contributed by atoms with Gasteiger partial charge in [-0.05, 0) is 13.3 Å². The molecule has 0 bridgehead atoms. The summed E-state index contributed by atoms with van der Waals surface area (Å²) in [5.74, 6) is -3.53. The quantitative estimate of drug-likeness (QED) is 0.667. The smallest absolute Gasteiger partial charge is 0.481 e. The van der Waals surface area contributed by atoms with E-state index in [1.807, 2.05) is 0 Å². The normalized spacial score (nSPS) is 12.3. The second-order valence-electron chi connectivity index (χ2n) is 2.71. The second kappa shape index (κ2) is 7.04. The highest BCUT2D eigenvalue weighted by Crippen LogP contribution is 2.13. The molecule has 0 radical (unpaired) electrons. The first-order chi connectivity index (χ1) is 6.57. The van der Waals surface area contributed by atoms with Crippen molar-refractivity contribution in [3.05, 3.63) is 0 Å². The van der Waals surface area contributed by atoms with E-state index in [9.17, 15) is 18.0 Å². The third-order valence-electron chi connectivity index (χ3n) is 1.06. The van der Waals surface area contributed by atoms with Crippen LogP contribution in [0.5, 0.6) is 0 Å². The lowest BCUT2D eigenvalue weighted by Gasteiger charge is -1.98. The van der Waals surface area contributed by atoms with Crippen LogP contribution in [-0.4, -0.2) is 34.4 Å². The zero-order valence-corrected chi connectivity index (χ0v) is 7.91. The summed E-state index contributed by atoms with van der Waals surface area (Å²) >= 11 is 0. The van der Waals surface area contributed by atoms with Gasteiger partial charge in [-0.3, -0.25) is 4.79 Å². The molecule has 0 aromatic carbocycles. The summed E-state index contributed by atoms with van der Waals surface area (Å²) in [5, 5.41) is 15.2. The Morgan fingerprint density at radius 2 is 1.67 bits per heavy atom. The van der Waals surface area contributed by atoms with Gasteiger partial charge < -0.3 is 15.9 Å². The van der Waals surface area contributed by atoms with Crippen molar-refractivity contribution in [1.82, 2.24) is 0 Å². The highest BCUT2D eigenvalue weighted by atomic mass is 19.4. The van der Waals surface area contributed by atoms with Gasteiger partial charge in [0, 0.05) is 12.5 Å². The molecule has 8 heteroatoms. The maximum Gasteiger partial charge on any atom is 0.490 e. The van der Waals surface area contributed by atoms with Crippen LogP contribution in [0, 0.1) is 0 Å². The van der Waals surface area contributed by atoms with Gasteiger partial charge in [-0.2, -0.15) is 13.2 Å². The Morgan fingerprint density at radius 3 is 1.73 bits per heavy atom. The lowest BCUT2D eigenvalue weighted by molar-refractivity contribution is -0.192. The van der Waals surface area contributed by atoms with E-state index in [0.29, 0.717) is 6.42 Å². The summed E-state index contributed by atoms with van der Waals surface area (Å²) in [7, 11) is 0. The first kappa shape index (κ1) is 16.1. The van der Waals surface area contributed by atoms with Gasteiger partial charge in [-0.1, -0.05) is 0 Å². The lowest BCUT2D eigenvalue weighted by Crippen LogP contribution is -2.21. The van der Waals surface area contributed by atoms with E-state index < -0.39 is 18.1 Å². The van der Waals surface area contributed by atoms with Gasteiger partial charge in [0.15, 0.2) is 0 Å². The Kier molecular flexibility index (Phi) is 7.58. The van der Waals surface area contributed by atoms with Gasteiger partial charge in [0.2, 0.25) is 0 Å². The van der Waals surface area contributed by atoms with Crippen LogP contribution in [0.3, 0.4) is 0 Å². The number of hydrogen-bond acceptors (Lipinski definition) is 3. The number of carboxylic acids is 2. The van der Waals surface area contributed by atoms with Gasteiger partial charge in [-0.25, -0.2) is 4.79 Å². The van der Waals surface area contributed by atoms with Crippen molar-refractivity contribution in [3.8, 4) is 0 Å². The fraction of sp³-hybridized carbons (Fsp3) is 0.714. The molecular weight excluding hydrogens is 219 g/mol. The fourth-order valence-electron chi connectivity index (χ4n) is 0.351. The molecule has 0 aliphatic rings. The second-order valence-corrected chi connectivity index (χ2v) is 2.71. The van der Waals surface area contributed by atoms with E-state index in [-0.39, 0.29) is 12.5 Å². The maximum atomic E-state index is 10.6. The van der Waals surface area contributed by atoms with Gasteiger partial charge >= 0.3 is 18.1 Å². The number of rotatable bonds is 3. The van der Waals surface area contributed by atoms with E-state index in [4.69, 9.17) is 20.7 Å². The van der Waals surface area contributed by atoms with Crippen LogP contribution in [-0.2, 0) is 9.59 Å². The van der Waals surface area contributed by atoms with Crippen LogP contribution in [0.15, 0.2) is 0 Å². The Balaban J connectivity index is 0. The maximum absolute atomic E-state index is 10.6. The number of halogens is 3. The molecule has 15 heavy (non-hydrogen) atoms. The Labute approximate surface area is 83.7 Å². The monoisotopic (exact) mass is 231 g/mol. The predicted molar refractivity (Wildman–Crippen MR) is 44.2 cm³/mol. The van der Waals surface area contributed by atoms with Gasteiger partial charge in [0.05, 0.1) is 0 Å². The van der Waals surface area contributed by atoms with Crippen molar-refractivity contribution in [2.24, 2.45) is 5.73 Å². The number of carbonyl (C=O) groups is 2. The summed E-state index contributed by atoms with van der Waals surface area (Å²) < 4.78 is 31.7. The highest BCUT2D eigenvalue weighted by molar-refractivity contribution is 5.73. The van der Waals surface area contributed by atoms with Crippen molar-refractivity contribution >= 4 is 11.9 Å². The predicted octanol–water partition coefficient (Wildman–Crippen LogP) is 0.832. The molecule has 0 amide bonds. The Bertz CT molecular complexity index is 215. The van der Waals surface area contributed by atoms with Crippen LogP contribution < -0.4 is 5.73 Å². The number of nitrogens with two attached hydrogens (primary N) is 1. The molecule has 0 saturated heterocycles. The molecule has 0 heterocycles. The van der Waals surface area contributed by atoms with Crippen molar-refractivity contribution < 1.29 is 33.0 Å². The first-order valence-electron chi connectivity index (χ1n) is 3.84. The molecule has 1 atom stereocenters. The van der Waals surface area contributed by atoms with Crippen molar-refractivity contribution in [1.29, 1.82) is 0 Å². The molecule has 0 saturated carbocycles. The third kappa shape index (κ3) is 15.4. The van der Waals surface area contributed by atoms with E-state index in [1.54, 1.807) is 6.92 Å². The summed E-state index contributed by atoms with van der Waals surface area (Å²) in [4.78, 5) is 18.7. The molecule has 0 fully saturated rings. The summed E-state index contributed by atoms with van der Waals surface area (Å²) in [6.07, 6.45) is -4.34. The van der Waals surface area contributed by atoms with Crippen LogP contribution in [0.1, 0.15) is 19.8 Å². The van der Waals surface area contributed by atoms with Gasteiger partial charge in [0.25, 0.3) is 0 Å². The largest absolute Gasteiger partial charge is 0.490 e. The lowest BCUT2D eigenvalue weighted by atomic mass is 10.2.